The summed E-state index contributed by atoms with van der Waals surface area (Å²) in [5.74, 6) is 0. The fourth-order valence-corrected chi connectivity index (χ4v) is 2.66. The number of fused-ring (bicyclic) bond motifs is 1. The molecular weight excluding hydrogens is 336 g/mol. The van der Waals surface area contributed by atoms with E-state index in [1.807, 2.05) is 31.2 Å². The average Bonchev–Trinajstić information content (AvgIpc) is 2.40. The van der Waals surface area contributed by atoms with Gasteiger partial charge in [-0.05, 0) is 49.4 Å². The van der Waals surface area contributed by atoms with Crippen LogP contribution in [0.3, 0.4) is 0 Å². The third-order valence-electron chi connectivity index (χ3n) is 3.34. The van der Waals surface area contributed by atoms with E-state index in [9.17, 15) is 9.59 Å². The molecule has 1 aromatic carbocycles. The van der Waals surface area contributed by atoms with Crippen LogP contribution in [0, 0.1) is 0 Å². The van der Waals surface area contributed by atoms with E-state index in [1.54, 1.807) is 10.8 Å². The fourth-order valence-electron chi connectivity index (χ4n) is 2.29. The van der Waals surface area contributed by atoms with Gasteiger partial charge in [0.2, 0.25) is 0 Å². The predicted molar refractivity (Wildman–Crippen MR) is 85.8 cm³/mol. The number of benzene rings is 1. The molecule has 0 spiro atoms. The van der Waals surface area contributed by atoms with Gasteiger partial charge in [0, 0.05) is 28.6 Å². The molecular formula is C15H17BrN2O3. The SMILES string of the molecule is CC(CCCn1ccc2cc(Br)ccc2c1=O)NC(=O)O. The van der Waals surface area contributed by atoms with Crippen LogP contribution in [-0.2, 0) is 6.54 Å². The molecule has 0 saturated carbocycles. The van der Waals surface area contributed by atoms with Gasteiger partial charge in [0.05, 0.1) is 0 Å². The number of aryl methyl sites for hydroxylation is 1. The van der Waals surface area contributed by atoms with Crippen LogP contribution in [0.25, 0.3) is 10.8 Å². The summed E-state index contributed by atoms with van der Waals surface area (Å²) in [5, 5.41) is 12.6. The zero-order valence-corrected chi connectivity index (χ0v) is 13.3. The Kier molecular flexibility index (Phi) is 5.01. The molecule has 1 aromatic heterocycles. The summed E-state index contributed by atoms with van der Waals surface area (Å²) in [6.45, 7) is 2.39. The molecule has 5 nitrogen and oxygen atoms in total. The number of nitrogens with one attached hydrogen (secondary N) is 1. The summed E-state index contributed by atoms with van der Waals surface area (Å²) in [6.07, 6.45) is 2.20. The molecule has 0 aliphatic rings. The highest BCUT2D eigenvalue weighted by molar-refractivity contribution is 9.10. The molecule has 2 rings (SSSR count). The number of amides is 1. The average molecular weight is 353 g/mol. The zero-order chi connectivity index (χ0) is 15.4. The molecule has 0 bridgehead atoms. The van der Waals surface area contributed by atoms with Crippen LogP contribution in [0.2, 0.25) is 0 Å². The van der Waals surface area contributed by atoms with Crippen LogP contribution in [-0.4, -0.2) is 21.8 Å². The van der Waals surface area contributed by atoms with Crippen molar-refractivity contribution in [3.05, 3.63) is 45.3 Å². The minimum atomic E-state index is -1.02. The van der Waals surface area contributed by atoms with E-state index in [4.69, 9.17) is 5.11 Å². The maximum atomic E-state index is 12.3. The number of carboxylic acid groups (broad SMARTS) is 1. The highest BCUT2D eigenvalue weighted by Gasteiger charge is 2.06. The summed E-state index contributed by atoms with van der Waals surface area (Å²) in [5.41, 5.74) is -0.0150. The molecule has 2 N–H and O–H groups in total. The van der Waals surface area contributed by atoms with Crippen molar-refractivity contribution in [1.82, 2.24) is 9.88 Å². The number of aromatic nitrogens is 1. The maximum absolute atomic E-state index is 12.3. The largest absolute Gasteiger partial charge is 0.465 e. The Morgan fingerprint density at radius 1 is 1.43 bits per heavy atom. The molecule has 1 heterocycles. The Labute approximate surface area is 130 Å². The molecule has 1 amide bonds. The summed E-state index contributed by atoms with van der Waals surface area (Å²) in [4.78, 5) is 22.8. The van der Waals surface area contributed by atoms with Crippen LogP contribution in [0.4, 0.5) is 4.79 Å². The first-order valence-electron chi connectivity index (χ1n) is 6.75. The summed E-state index contributed by atoms with van der Waals surface area (Å²) >= 11 is 3.39. The van der Waals surface area contributed by atoms with Gasteiger partial charge in [-0.1, -0.05) is 15.9 Å². The fraction of sp³-hybridized carbons (Fsp3) is 0.333. The Morgan fingerprint density at radius 3 is 2.90 bits per heavy atom. The molecule has 1 unspecified atom stereocenters. The van der Waals surface area contributed by atoms with Gasteiger partial charge < -0.3 is 15.0 Å². The van der Waals surface area contributed by atoms with Crippen LogP contribution >= 0.6 is 15.9 Å². The van der Waals surface area contributed by atoms with Gasteiger partial charge in [0.1, 0.15) is 0 Å². The van der Waals surface area contributed by atoms with E-state index >= 15 is 0 Å². The van der Waals surface area contributed by atoms with Gasteiger partial charge in [0.15, 0.2) is 0 Å². The molecule has 0 aliphatic carbocycles. The summed E-state index contributed by atoms with van der Waals surface area (Å²) < 4.78 is 2.62. The van der Waals surface area contributed by atoms with Gasteiger partial charge in [-0.3, -0.25) is 4.79 Å². The number of halogens is 1. The van der Waals surface area contributed by atoms with E-state index in [-0.39, 0.29) is 11.6 Å². The third-order valence-corrected chi connectivity index (χ3v) is 3.84. The van der Waals surface area contributed by atoms with Crippen molar-refractivity contribution < 1.29 is 9.90 Å². The molecule has 0 aliphatic heterocycles. The second-order valence-corrected chi connectivity index (χ2v) is 5.95. The van der Waals surface area contributed by atoms with Gasteiger partial charge in [-0.2, -0.15) is 0 Å². The zero-order valence-electron chi connectivity index (χ0n) is 11.7. The lowest BCUT2D eigenvalue weighted by molar-refractivity contribution is 0.190. The lowest BCUT2D eigenvalue weighted by Crippen LogP contribution is -2.31. The van der Waals surface area contributed by atoms with Gasteiger partial charge in [-0.25, -0.2) is 4.79 Å². The summed E-state index contributed by atoms with van der Waals surface area (Å²) in [7, 11) is 0. The standard InChI is InChI=1S/C15H17BrN2O3/c1-10(17-15(20)21)3-2-7-18-8-6-11-9-12(16)4-5-13(11)14(18)19/h4-6,8-10,17H,2-3,7H2,1H3,(H,20,21). The minimum Gasteiger partial charge on any atom is -0.465 e. The van der Waals surface area contributed by atoms with E-state index in [0.29, 0.717) is 18.4 Å². The Morgan fingerprint density at radius 2 is 2.19 bits per heavy atom. The van der Waals surface area contributed by atoms with Gasteiger partial charge in [-0.15, -0.1) is 0 Å². The van der Waals surface area contributed by atoms with Crippen molar-refractivity contribution in [3.8, 4) is 0 Å². The predicted octanol–water partition coefficient (Wildman–Crippen LogP) is 3.20. The van der Waals surface area contributed by atoms with E-state index in [2.05, 4.69) is 21.2 Å². The van der Waals surface area contributed by atoms with Crippen molar-refractivity contribution in [2.24, 2.45) is 0 Å². The van der Waals surface area contributed by atoms with Crippen molar-refractivity contribution in [3.63, 3.8) is 0 Å². The van der Waals surface area contributed by atoms with Crippen molar-refractivity contribution in [1.29, 1.82) is 0 Å². The Balaban J connectivity index is 2.06. The normalized spacial score (nSPS) is 12.3. The van der Waals surface area contributed by atoms with Crippen LogP contribution < -0.4 is 10.9 Å². The number of rotatable bonds is 5. The van der Waals surface area contributed by atoms with Crippen LogP contribution in [0.5, 0.6) is 0 Å². The number of hydrogen-bond donors (Lipinski definition) is 2. The molecule has 112 valence electrons. The molecule has 2 aromatic rings. The highest BCUT2D eigenvalue weighted by atomic mass is 79.9. The number of nitrogens with zero attached hydrogens (tertiary/aromatic N) is 1. The van der Waals surface area contributed by atoms with E-state index in [0.717, 1.165) is 16.3 Å². The molecule has 21 heavy (non-hydrogen) atoms. The lowest BCUT2D eigenvalue weighted by Gasteiger charge is -2.12. The minimum absolute atomic E-state index is 0.0150. The smallest absolute Gasteiger partial charge is 0.404 e. The molecule has 0 saturated heterocycles. The molecule has 6 heteroatoms. The monoisotopic (exact) mass is 352 g/mol. The lowest BCUT2D eigenvalue weighted by atomic mass is 10.1. The van der Waals surface area contributed by atoms with Gasteiger partial charge in [0.25, 0.3) is 5.56 Å². The molecule has 0 fully saturated rings. The first kappa shape index (κ1) is 15.6. The van der Waals surface area contributed by atoms with Crippen LogP contribution in [0.1, 0.15) is 19.8 Å². The summed E-state index contributed by atoms with van der Waals surface area (Å²) in [6, 6.07) is 7.38. The van der Waals surface area contributed by atoms with Gasteiger partial charge >= 0.3 is 6.09 Å². The molecule has 0 radical (unpaired) electrons. The van der Waals surface area contributed by atoms with Crippen molar-refractivity contribution in [2.75, 3.05) is 0 Å². The van der Waals surface area contributed by atoms with E-state index in [1.165, 1.54) is 0 Å². The number of pyridine rings is 1. The topological polar surface area (TPSA) is 71.3 Å². The Bertz CT molecular complexity index is 712. The highest BCUT2D eigenvalue weighted by Crippen LogP contribution is 2.16. The Hall–Kier alpha value is -1.82. The first-order chi connectivity index (χ1) is 9.97. The van der Waals surface area contributed by atoms with Crippen molar-refractivity contribution in [2.45, 2.75) is 32.4 Å². The third kappa shape index (κ3) is 4.07. The maximum Gasteiger partial charge on any atom is 0.404 e. The second-order valence-electron chi connectivity index (χ2n) is 5.04. The van der Waals surface area contributed by atoms with E-state index < -0.39 is 6.09 Å². The van der Waals surface area contributed by atoms with Crippen molar-refractivity contribution >= 4 is 32.8 Å². The second kappa shape index (κ2) is 6.76. The molecule has 1 atom stereocenters. The quantitative estimate of drug-likeness (QED) is 0.867. The van der Waals surface area contributed by atoms with Crippen LogP contribution in [0.15, 0.2) is 39.7 Å². The number of carbonyl (C=O) groups is 1. The first-order valence-corrected chi connectivity index (χ1v) is 7.55. The number of hydrogen-bond acceptors (Lipinski definition) is 2.